The van der Waals surface area contributed by atoms with Crippen molar-refractivity contribution >= 4 is 17.6 Å². The molecule has 0 saturated heterocycles. The van der Waals surface area contributed by atoms with Crippen LogP contribution in [0.5, 0.6) is 5.75 Å². The van der Waals surface area contributed by atoms with E-state index in [1.807, 2.05) is 25.1 Å². The van der Waals surface area contributed by atoms with Gasteiger partial charge in [-0.3, -0.25) is 4.79 Å². The van der Waals surface area contributed by atoms with Gasteiger partial charge in [0.25, 0.3) is 0 Å². The average molecular weight is 243 g/mol. The highest BCUT2D eigenvalue weighted by Gasteiger charge is 2.16. The fourth-order valence-electron chi connectivity index (χ4n) is 1.49. The van der Waals surface area contributed by atoms with Crippen molar-refractivity contribution in [1.82, 2.24) is 0 Å². The lowest BCUT2D eigenvalue weighted by atomic mass is 10.1. The van der Waals surface area contributed by atoms with Gasteiger partial charge in [-0.05, 0) is 30.5 Å². The summed E-state index contributed by atoms with van der Waals surface area (Å²) < 4.78 is 9.71. The fourth-order valence-corrected chi connectivity index (χ4v) is 1.75. The topological polar surface area (TPSA) is 35.5 Å². The molecule has 1 aromatic rings. The molecule has 0 aliphatic rings. The minimum atomic E-state index is -0.641. The molecule has 0 aliphatic carbocycles. The molecule has 0 spiro atoms. The van der Waals surface area contributed by atoms with Crippen LogP contribution in [0.1, 0.15) is 11.1 Å². The predicted molar refractivity (Wildman–Crippen MR) is 63.1 cm³/mol. The first-order chi connectivity index (χ1) is 7.58. The Bertz CT molecular complexity index is 377. The number of halogens is 1. The van der Waals surface area contributed by atoms with Crippen LogP contribution in [0.25, 0.3) is 0 Å². The predicted octanol–water partition coefficient (Wildman–Crippen LogP) is 2.33. The molecule has 4 heteroatoms. The van der Waals surface area contributed by atoms with E-state index in [1.165, 1.54) is 7.11 Å². The van der Waals surface area contributed by atoms with Crippen LogP contribution in [0, 0.1) is 6.92 Å². The summed E-state index contributed by atoms with van der Waals surface area (Å²) in [5.74, 6) is 0.420. The molecule has 0 saturated carbocycles. The Kier molecular flexibility index (Phi) is 4.62. The van der Waals surface area contributed by atoms with Gasteiger partial charge in [0, 0.05) is 0 Å². The number of methoxy groups -OCH3 is 2. The molecule has 1 atom stereocenters. The van der Waals surface area contributed by atoms with E-state index < -0.39 is 11.3 Å². The Morgan fingerprint density at radius 1 is 1.44 bits per heavy atom. The van der Waals surface area contributed by atoms with Crippen molar-refractivity contribution in [1.29, 1.82) is 0 Å². The Morgan fingerprint density at radius 3 is 2.62 bits per heavy atom. The summed E-state index contributed by atoms with van der Waals surface area (Å²) in [6.07, 6.45) is 0.457. The first-order valence-electron chi connectivity index (χ1n) is 4.94. The molecule has 0 fully saturated rings. The highest BCUT2D eigenvalue weighted by Crippen LogP contribution is 2.20. The van der Waals surface area contributed by atoms with Crippen LogP contribution in [0.2, 0.25) is 0 Å². The molecule has 16 heavy (non-hydrogen) atoms. The molecular formula is C12H15ClO3. The Morgan fingerprint density at radius 2 is 2.12 bits per heavy atom. The number of rotatable bonds is 4. The summed E-state index contributed by atoms with van der Waals surface area (Å²) in [4.78, 5) is 11.1. The maximum atomic E-state index is 11.1. The maximum absolute atomic E-state index is 11.1. The summed E-state index contributed by atoms with van der Waals surface area (Å²) in [6.45, 7) is 1.95. The molecule has 1 aromatic carbocycles. The molecule has 0 aliphatic heterocycles. The van der Waals surface area contributed by atoms with Crippen molar-refractivity contribution < 1.29 is 14.3 Å². The minimum absolute atomic E-state index is 0.407. The van der Waals surface area contributed by atoms with Crippen LogP contribution in [-0.2, 0) is 16.0 Å². The zero-order valence-electron chi connectivity index (χ0n) is 9.62. The van der Waals surface area contributed by atoms with E-state index in [2.05, 4.69) is 4.74 Å². The summed E-state index contributed by atoms with van der Waals surface area (Å²) in [6, 6.07) is 5.72. The molecule has 0 radical (unpaired) electrons. The highest BCUT2D eigenvalue weighted by atomic mass is 35.5. The normalized spacial score (nSPS) is 12.0. The second kappa shape index (κ2) is 5.75. The van der Waals surface area contributed by atoms with Gasteiger partial charge >= 0.3 is 5.97 Å². The van der Waals surface area contributed by atoms with Crippen LogP contribution in [0.4, 0.5) is 0 Å². The minimum Gasteiger partial charge on any atom is -0.496 e. The summed E-state index contributed by atoms with van der Waals surface area (Å²) in [7, 11) is 2.96. The van der Waals surface area contributed by atoms with E-state index >= 15 is 0 Å². The highest BCUT2D eigenvalue weighted by molar-refractivity contribution is 6.30. The van der Waals surface area contributed by atoms with E-state index in [1.54, 1.807) is 7.11 Å². The quantitative estimate of drug-likeness (QED) is 0.601. The molecule has 0 aromatic heterocycles. The van der Waals surface area contributed by atoms with E-state index in [-0.39, 0.29) is 0 Å². The third kappa shape index (κ3) is 3.14. The standard InChI is InChI=1S/C12H15ClO3/c1-8-6-9(4-5-11(8)15-2)7-10(13)12(14)16-3/h4-6,10H,7H2,1-3H3. The monoisotopic (exact) mass is 242 g/mol. The van der Waals surface area contributed by atoms with Crippen LogP contribution in [0.3, 0.4) is 0 Å². The number of benzene rings is 1. The number of ether oxygens (including phenoxy) is 2. The first kappa shape index (κ1) is 12.8. The fraction of sp³-hybridized carbons (Fsp3) is 0.417. The van der Waals surface area contributed by atoms with Gasteiger partial charge in [-0.15, -0.1) is 11.6 Å². The molecular weight excluding hydrogens is 228 g/mol. The lowest BCUT2D eigenvalue weighted by molar-refractivity contribution is -0.140. The van der Waals surface area contributed by atoms with E-state index in [0.29, 0.717) is 6.42 Å². The van der Waals surface area contributed by atoms with Crippen LogP contribution in [0.15, 0.2) is 18.2 Å². The zero-order chi connectivity index (χ0) is 12.1. The second-order valence-corrected chi connectivity index (χ2v) is 4.03. The third-order valence-corrected chi connectivity index (χ3v) is 2.66. The van der Waals surface area contributed by atoms with Crippen molar-refractivity contribution in [2.75, 3.05) is 14.2 Å². The molecule has 1 unspecified atom stereocenters. The molecule has 0 amide bonds. The molecule has 3 nitrogen and oxygen atoms in total. The molecule has 0 N–H and O–H groups in total. The van der Waals surface area contributed by atoms with Gasteiger partial charge in [0.15, 0.2) is 0 Å². The van der Waals surface area contributed by atoms with Gasteiger partial charge < -0.3 is 9.47 Å². The smallest absolute Gasteiger partial charge is 0.324 e. The number of aryl methyl sites for hydroxylation is 1. The van der Waals surface area contributed by atoms with Gasteiger partial charge in [0.2, 0.25) is 0 Å². The first-order valence-corrected chi connectivity index (χ1v) is 5.37. The Hall–Kier alpha value is -1.22. The number of carbonyl (C=O) groups is 1. The third-order valence-electron chi connectivity index (χ3n) is 2.33. The Labute approximate surface area is 100 Å². The number of hydrogen-bond donors (Lipinski definition) is 0. The summed E-state index contributed by atoms with van der Waals surface area (Å²) in [5, 5.41) is -0.641. The van der Waals surface area contributed by atoms with Crippen molar-refractivity contribution in [3.63, 3.8) is 0 Å². The lowest BCUT2D eigenvalue weighted by Gasteiger charge is -2.09. The van der Waals surface area contributed by atoms with E-state index in [0.717, 1.165) is 16.9 Å². The SMILES string of the molecule is COC(=O)C(Cl)Cc1ccc(OC)c(C)c1. The number of alkyl halides is 1. The van der Waals surface area contributed by atoms with E-state index in [4.69, 9.17) is 16.3 Å². The van der Waals surface area contributed by atoms with Gasteiger partial charge in [-0.2, -0.15) is 0 Å². The lowest BCUT2D eigenvalue weighted by Crippen LogP contribution is -2.18. The summed E-state index contributed by atoms with van der Waals surface area (Å²) >= 11 is 5.89. The maximum Gasteiger partial charge on any atom is 0.324 e. The van der Waals surface area contributed by atoms with Crippen LogP contribution < -0.4 is 4.74 Å². The molecule has 0 heterocycles. The van der Waals surface area contributed by atoms with Crippen molar-refractivity contribution in [3.05, 3.63) is 29.3 Å². The molecule has 88 valence electrons. The molecule has 1 rings (SSSR count). The van der Waals surface area contributed by atoms with Crippen LogP contribution >= 0.6 is 11.6 Å². The number of esters is 1. The number of carbonyl (C=O) groups excluding carboxylic acids is 1. The van der Waals surface area contributed by atoms with Crippen molar-refractivity contribution in [2.24, 2.45) is 0 Å². The molecule has 0 bridgehead atoms. The van der Waals surface area contributed by atoms with Gasteiger partial charge in [0.05, 0.1) is 14.2 Å². The van der Waals surface area contributed by atoms with Crippen molar-refractivity contribution in [2.45, 2.75) is 18.7 Å². The van der Waals surface area contributed by atoms with Crippen molar-refractivity contribution in [3.8, 4) is 5.75 Å². The second-order valence-electron chi connectivity index (χ2n) is 3.50. The van der Waals surface area contributed by atoms with Gasteiger partial charge in [0.1, 0.15) is 11.1 Å². The Balaban J connectivity index is 2.75. The van der Waals surface area contributed by atoms with E-state index in [9.17, 15) is 4.79 Å². The average Bonchev–Trinajstić information content (AvgIpc) is 2.28. The van der Waals surface area contributed by atoms with Gasteiger partial charge in [-0.25, -0.2) is 0 Å². The summed E-state index contributed by atoms with van der Waals surface area (Å²) in [5.41, 5.74) is 2.01. The largest absolute Gasteiger partial charge is 0.496 e. The zero-order valence-corrected chi connectivity index (χ0v) is 10.4. The van der Waals surface area contributed by atoms with Crippen LogP contribution in [-0.4, -0.2) is 25.6 Å². The van der Waals surface area contributed by atoms with Gasteiger partial charge in [-0.1, -0.05) is 12.1 Å². The number of hydrogen-bond acceptors (Lipinski definition) is 3.